The summed E-state index contributed by atoms with van der Waals surface area (Å²) in [7, 11) is 3.93. The van der Waals surface area contributed by atoms with Crippen LogP contribution < -0.4 is 10.2 Å². The number of nitrogens with one attached hydrogen (secondary N) is 1. The molecule has 2 rings (SSSR count). The SMILES string of the molecule is Cc1cc(N(C)C)nc(SCc2cccc(C(=O)NC(C)C)c2)n1. The first-order valence-electron chi connectivity index (χ1n) is 7.91. The molecular formula is C18H24N4OS. The van der Waals surface area contributed by atoms with Crippen LogP contribution in [0, 0.1) is 6.92 Å². The highest BCUT2D eigenvalue weighted by Gasteiger charge is 2.09. The number of aryl methyl sites for hydroxylation is 1. The minimum absolute atomic E-state index is 0.0430. The summed E-state index contributed by atoms with van der Waals surface area (Å²) >= 11 is 1.57. The van der Waals surface area contributed by atoms with Crippen LogP contribution in [0.3, 0.4) is 0 Å². The predicted molar refractivity (Wildman–Crippen MR) is 99.7 cm³/mol. The van der Waals surface area contributed by atoms with Gasteiger partial charge in [-0.1, -0.05) is 23.9 Å². The van der Waals surface area contributed by atoms with Gasteiger partial charge in [-0.2, -0.15) is 0 Å². The first kappa shape index (κ1) is 18.3. The molecule has 2 aromatic rings. The van der Waals surface area contributed by atoms with Crippen LogP contribution >= 0.6 is 11.8 Å². The first-order chi connectivity index (χ1) is 11.3. The monoisotopic (exact) mass is 344 g/mol. The van der Waals surface area contributed by atoms with E-state index in [1.165, 1.54) is 0 Å². The maximum absolute atomic E-state index is 12.1. The van der Waals surface area contributed by atoms with E-state index in [0.717, 1.165) is 28.0 Å². The zero-order valence-electron chi connectivity index (χ0n) is 14.8. The van der Waals surface area contributed by atoms with E-state index in [2.05, 4.69) is 15.3 Å². The van der Waals surface area contributed by atoms with Crippen LogP contribution in [0.4, 0.5) is 5.82 Å². The molecule has 0 atom stereocenters. The van der Waals surface area contributed by atoms with Crippen molar-refractivity contribution in [3.63, 3.8) is 0 Å². The molecular weight excluding hydrogens is 320 g/mol. The molecule has 1 heterocycles. The number of benzene rings is 1. The van der Waals surface area contributed by atoms with Gasteiger partial charge in [0.05, 0.1) is 0 Å². The smallest absolute Gasteiger partial charge is 0.251 e. The highest BCUT2D eigenvalue weighted by atomic mass is 32.2. The van der Waals surface area contributed by atoms with Gasteiger partial charge in [-0.25, -0.2) is 9.97 Å². The highest BCUT2D eigenvalue weighted by Crippen LogP contribution is 2.22. The van der Waals surface area contributed by atoms with Crippen molar-refractivity contribution in [2.45, 2.75) is 37.7 Å². The van der Waals surface area contributed by atoms with Crippen molar-refractivity contribution in [1.82, 2.24) is 15.3 Å². The fourth-order valence-corrected chi connectivity index (χ4v) is 2.96. The minimum atomic E-state index is -0.0430. The van der Waals surface area contributed by atoms with Crippen LogP contribution in [0.5, 0.6) is 0 Å². The lowest BCUT2D eigenvalue weighted by Crippen LogP contribution is -2.30. The van der Waals surface area contributed by atoms with Gasteiger partial charge in [0.2, 0.25) is 0 Å². The summed E-state index contributed by atoms with van der Waals surface area (Å²) in [6.45, 7) is 5.87. The lowest BCUT2D eigenvalue weighted by Gasteiger charge is -2.13. The number of rotatable bonds is 6. The Hall–Kier alpha value is -2.08. The maximum atomic E-state index is 12.1. The summed E-state index contributed by atoms with van der Waals surface area (Å²) in [5.74, 6) is 1.58. The second-order valence-corrected chi connectivity index (χ2v) is 7.10. The Kier molecular flexibility index (Phi) is 6.20. The summed E-state index contributed by atoms with van der Waals surface area (Å²) in [6.07, 6.45) is 0. The van der Waals surface area contributed by atoms with Crippen molar-refractivity contribution in [3.05, 3.63) is 47.2 Å². The van der Waals surface area contributed by atoms with Crippen LogP contribution in [-0.4, -0.2) is 36.0 Å². The molecule has 0 bridgehead atoms. The van der Waals surface area contributed by atoms with E-state index in [4.69, 9.17) is 0 Å². The topological polar surface area (TPSA) is 58.1 Å². The van der Waals surface area contributed by atoms with Crippen molar-refractivity contribution in [3.8, 4) is 0 Å². The van der Waals surface area contributed by atoms with Crippen molar-refractivity contribution < 1.29 is 4.79 Å². The van der Waals surface area contributed by atoms with Gasteiger partial charge in [-0.3, -0.25) is 4.79 Å². The van der Waals surface area contributed by atoms with Gasteiger partial charge in [-0.15, -0.1) is 0 Å². The molecule has 0 aliphatic rings. The van der Waals surface area contributed by atoms with Gasteiger partial charge < -0.3 is 10.2 Å². The second-order valence-electron chi connectivity index (χ2n) is 6.16. The fraction of sp³-hybridized carbons (Fsp3) is 0.389. The molecule has 1 aromatic heterocycles. The van der Waals surface area contributed by atoms with Crippen LogP contribution in [0.2, 0.25) is 0 Å². The Labute approximate surface area is 147 Å². The van der Waals surface area contributed by atoms with Gasteiger partial charge in [-0.05, 0) is 38.5 Å². The standard InChI is InChI=1S/C18H24N4OS/c1-12(2)19-17(23)15-8-6-7-14(10-15)11-24-18-20-13(3)9-16(21-18)22(4)5/h6-10,12H,11H2,1-5H3,(H,19,23). The number of carbonyl (C=O) groups excluding carboxylic acids is 1. The van der Waals surface area contributed by atoms with E-state index in [-0.39, 0.29) is 11.9 Å². The molecule has 5 nitrogen and oxygen atoms in total. The van der Waals surface area contributed by atoms with Gasteiger partial charge in [0.15, 0.2) is 5.16 Å². The Morgan fingerprint density at radius 2 is 2.00 bits per heavy atom. The molecule has 0 spiro atoms. The van der Waals surface area contributed by atoms with E-state index >= 15 is 0 Å². The predicted octanol–water partition coefficient (Wildman–Crippen LogP) is 3.28. The zero-order chi connectivity index (χ0) is 17.7. The van der Waals surface area contributed by atoms with Gasteiger partial charge >= 0.3 is 0 Å². The number of hydrogen-bond donors (Lipinski definition) is 1. The lowest BCUT2D eigenvalue weighted by molar-refractivity contribution is 0.0943. The number of carbonyl (C=O) groups is 1. The average molecular weight is 344 g/mol. The van der Waals surface area contributed by atoms with Crippen molar-refractivity contribution in [2.75, 3.05) is 19.0 Å². The molecule has 6 heteroatoms. The van der Waals surface area contributed by atoms with Gasteiger partial charge in [0.1, 0.15) is 5.82 Å². The number of thioether (sulfide) groups is 1. The second kappa shape index (κ2) is 8.15. The molecule has 0 saturated heterocycles. The van der Waals surface area contributed by atoms with E-state index < -0.39 is 0 Å². The quantitative estimate of drug-likeness (QED) is 0.644. The van der Waals surface area contributed by atoms with Crippen molar-refractivity contribution in [1.29, 1.82) is 0 Å². The van der Waals surface area contributed by atoms with Crippen LogP contribution in [0.1, 0.15) is 35.5 Å². The fourth-order valence-electron chi connectivity index (χ4n) is 2.11. The average Bonchev–Trinajstić information content (AvgIpc) is 2.52. The van der Waals surface area contributed by atoms with E-state index in [0.29, 0.717) is 5.56 Å². The Bertz CT molecular complexity index is 716. The van der Waals surface area contributed by atoms with E-state index in [1.54, 1.807) is 11.8 Å². The van der Waals surface area contributed by atoms with Crippen LogP contribution in [0.15, 0.2) is 35.5 Å². The highest BCUT2D eigenvalue weighted by molar-refractivity contribution is 7.98. The third kappa shape index (κ3) is 5.23. The largest absolute Gasteiger partial charge is 0.363 e. The molecule has 128 valence electrons. The number of aromatic nitrogens is 2. The third-order valence-corrected chi connectivity index (χ3v) is 4.17. The van der Waals surface area contributed by atoms with E-state index in [9.17, 15) is 4.79 Å². The van der Waals surface area contributed by atoms with Gasteiger partial charge in [0.25, 0.3) is 5.91 Å². The Balaban J connectivity index is 2.08. The number of amides is 1. The zero-order valence-corrected chi connectivity index (χ0v) is 15.6. The summed E-state index contributed by atoms with van der Waals surface area (Å²) in [4.78, 5) is 23.1. The van der Waals surface area contributed by atoms with Gasteiger partial charge in [0, 0.05) is 43.2 Å². The Morgan fingerprint density at radius 3 is 2.67 bits per heavy atom. The minimum Gasteiger partial charge on any atom is -0.363 e. The molecule has 0 radical (unpaired) electrons. The van der Waals surface area contributed by atoms with Crippen LogP contribution in [0.25, 0.3) is 0 Å². The number of hydrogen-bond acceptors (Lipinski definition) is 5. The van der Waals surface area contributed by atoms with E-state index in [1.807, 2.05) is 70.1 Å². The number of nitrogens with zero attached hydrogens (tertiary/aromatic N) is 3. The Morgan fingerprint density at radius 1 is 1.25 bits per heavy atom. The molecule has 24 heavy (non-hydrogen) atoms. The van der Waals surface area contributed by atoms with Crippen molar-refractivity contribution >= 4 is 23.5 Å². The normalized spacial score (nSPS) is 10.8. The molecule has 0 saturated carbocycles. The third-order valence-electron chi connectivity index (χ3n) is 3.26. The molecule has 0 unspecified atom stereocenters. The molecule has 0 aliphatic carbocycles. The first-order valence-corrected chi connectivity index (χ1v) is 8.89. The number of anilines is 1. The molecule has 0 aliphatic heterocycles. The molecule has 0 fully saturated rings. The summed E-state index contributed by atoms with van der Waals surface area (Å²) in [5.41, 5.74) is 2.70. The summed E-state index contributed by atoms with van der Waals surface area (Å²) < 4.78 is 0. The molecule has 1 amide bonds. The van der Waals surface area contributed by atoms with Crippen LogP contribution in [-0.2, 0) is 5.75 Å². The summed E-state index contributed by atoms with van der Waals surface area (Å²) in [5, 5.41) is 3.66. The maximum Gasteiger partial charge on any atom is 0.251 e. The lowest BCUT2D eigenvalue weighted by atomic mass is 10.1. The summed E-state index contributed by atoms with van der Waals surface area (Å²) in [6, 6.07) is 9.77. The molecule has 1 N–H and O–H groups in total. The molecule has 1 aromatic carbocycles. The van der Waals surface area contributed by atoms with Crippen molar-refractivity contribution in [2.24, 2.45) is 0 Å².